The highest BCUT2D eigenvalue weighted by Crippen LogP contribution is 2.42. The number of nitrogens with two attached hydrogens (primary N) is 2. The van der Waals surface area contributed by atoms with E-state index in [0.717, 1.165) is 71.6 Å². The summed E-state index contributed by atoms with van der Waals surface area (Å²) < 4.78 is 22.2. The fourth-order valence-corrected chi connectivity index (χ4v) is 7.69. The number of anilines is 3. The van der Waals surface area contributed by atoms with Crippen molar-refractivity contribution in [1.29, 1.82) is 0 Å². The summed E-state index contributed by atoms with van der Waals surface area (Å²) in [7, 11) is 0.322. The largest absolute Gasteiger partial charge is 0.488 e. The lowest BCUT2D eigenvalue weighted by Gasteiger charge is -2.36. The number of ether oxygens (including phenoxy) is 1. The Morgan fingerprint density at radius 1 is 1.19 bits per heavy atom. The van der Waals surface area contributed by atoms with Crippen LogP contribution >= 0.6 is 0 Å². The van der Waals surface area contributed by atoms with Crippen LogP contribution in [0.1, 0.15) is 66.7 Å². The first-order chi connectivity index (χ1) is 20.7. The minimum Gasteiger partial charge on any atom is -0.488 e. The van der Waals surface area contributed by atoms with E-state index in [1.165, 1.54) is 5.01 Å². The van der Waals surface area contributed by atoms with E-state index in [0.29, 0.717) is 30.2 Å². The zero-order valence-electron chi connectivity index (χ0n) is 24.7. The number of aromatic nitrogens is 1. The molecule has 11 heteroatoms. The molecule has 3 heterocycles. The predicted molar refractivity (Wildman–Crippen MR) is 168 cm³/mol. The van der Waals surface area contributed by atoms with Gasteiger partial charge < -0.3 is 25.5 Å². The summed E-state index contributed by atoms with van der Waals surface area (Å²) >= 11 is 0. The Morgan fingerprint density at radius 2 is 2.00 bits per heavy atom. The van der Waals surface area contributed by atoms with E-state index in [2.05, 4.69) is 16.0 Å². The second-order valence-electron chi connectivity index (χ2n) is 12.0. The van der Waals surface area contributed by atoms with Crippen LogP contribution in [0.3, 0.4) is 0 Å². The molecule has 3 unspecified atom stereocenters. The second kappa shape index (κ2) is 12.1. The van der Waals surface area contributed by atoms with E-state index in [4.69, 9.17) is 16.3 Å². The number of carboxylic acid groups (broad SMARTS) is 1. The number of carboxylic acids is 1. The van der Waals surface area contributed by atoms with Crippen molar-refractivity contribution in [3.8, 4) is 5.75 Å². The summed E-state index contributed by atoms with van der Waals surface area (Å²) in [6.07, 6.45) is 6.99. The van der Waals surface area contributed by atoms with Crippen molar-refractivity contribution < 1.29 is 18.8 Å². The Labute approximate surface area is 255 Å². The van der Waals surface area contributed by atoms with Crippen molar-refractivity contribution in [2.24, 2.45) is 5.84 Å². The first-order valence-electron chi connectivity index (χ1n) is 15.0. The summed E-state index contributed by atoms with van der Waals surface area (Å²) in [5.41, 5.74) is 11.2. The number of benzene rings is 2. The van der Waals surface area contributed by atoms with Crippen molar-refractivity contribution in [3.63, 3.8) is 0 Å². The summed E-state index contributed by atoms with van der Waals surface area (Å²) in [6, 6.07) is 13.8. The molecule has 3 atom stereocenters. The van der Waals surface area contributed by atoms with Crippen LogP contribution in [-0.2, 0) is 22.3 Å². The van der Waals surface area contributed by atoms with Gasteiger partial charge >= 0.3 is 5.97 Å². The van der Waals surface area contributed by atoms with Crippen molar-refractivity contribution in [1.82, 2.24) is 9.29 Å². The number of hydrazine groups is 1. The third-order valence-corrected chi connectivity index (χ3v) is 10.1. The number of fused-ring (bicyclic) bond motifs is 3. The highest BCUT2D eigenvalue weighted by atomic mass is 32.2. The van der Waals surface area contributed by atoms with Gasteiger partial charge in [-0.1, -0.05) is 18.2 Å². The van der Waals surface area contributed by atoms with Gasteiger partial charge in [0.2, 0.25) is 0 Å². The number of hydrogen-bond acceptors (Lipinski definition) is 8. The van der Waals surface area contributed by atoms with Crippen LogP contribution in [-0.4, -0.2) is 56.9 Å². The number of pyridine rings is 1. The van der Waals surface area contributed by atoms with E-state index in [1.54, 1.807) is 19.3 Å². The molecule has 3 aliphatic rings. The monoisotopic (exact) mass is 604 g/mol. The third-order valence-electron chi connectivity index (χ3n) is 8.69. The first-order valence-corrected chi connectivity index (χ1v) is 16.1. The molecule has 3 aromatic rings. The van der Waals surface area contributed by atoms with Crippen molar-refractivity contribution in [2.45, 2.75) is 75.0 Å². The molecule has 6 rings (SSSR count). The van der Waals surface area contributed by atoms with Crippen LogP contribution in [0.15, 0.2) is 53.6 Å². The van der Waals surface area contributed by atoms with E-state index >= 15 is 0 Å². The highest BCUT2D eigenvalue weighted by Gasteiger charge is 2.35. The molecule has 1 aliphatic carbocycles. The topological polar surface area (TPSA) is 138 Å². The van der Waals surface area contributed by atoms with Crippen LogP contribution < -0.4 is 26.2 Å². The SMILES string of the molecule is Cc1ccc(C(CC(=O)O)c2cc(N)c(N(C)N)c(OC3CC3)c2)cc1CN1CC2CCCCN2c2ncccc2S1=O. The maximum Gasteiger partial charge on any atom is 0.304 e. The second-order valence-corrected chi connectivity index (χ2v) is 13.4. The number of aliphatic carboxylic acids is 1. The molecule has 10 nitrogen and oxygen atoms in total. The summed E-state index contributed by atoms with van der Waals surface area (Å²) in [4.78, 5) is 19.9. The van der Waals surface area contributed by atoms with Gasteiger partial charge in [0, 0.05) is 44.8 Å². The molecule has 43 heavy (non-hydrogen) atoms. The molecule has 0 radical (unpaired) electrons. The lowest BCUT2D eigenvalue weighted by atomic mass is 9.86. The van der Waals surface area contributed by atoms with Crippen LogP contribution in [0, 0.1) is 6.92 Å². The smallest absolute Gasteiger partial charge is 0.304 e. The molecular weight excluding hydrogens is 564 g/mol. The summed E-state index contributed by atoms with van der Waals surface area (Å²) in [6.45, 7) is 4.09. The summed E-state index contributed by atoms with van der Waals surface area (Å²) in [5.74, 6) is 6.10. The number of rotatable bonds is 9. The van der Waals surface area contributed by atoms with Gasteiger partial charge in [-0.3, -0.25) is 4.79 Å². The third kappa shape index (κ3) is 6.20. The van der Waals surface area contributed by atoms with Crippen molar-refractivity contribution in [2.75, 3.05) is 35.8 Å². The molecule has 1 aromatic heterocycles. The van der Waals surface area contributed by atoms with Gasteiger partial charge in [0.15, 0.2) is 0 Å². The zero-order chi connectivity index (χ0) is 30.2. The molecule has 2 aromatic carbocycles. The first kappa shape index (κ1) is 29.4. The van der Waals surface area contributed by atoms with Gasteiger partial charge in [-0.25, -0.2) is 19.3 Å². The fraction of sp³-hybridized carbons (Fsp3) is 0.438. The number of carbonyl (C=O) groups is 1. The lowest BCUT2D eigenvalue weighted by molar-refractivity contribution is -0.137. The molecule has 1 saturated carbocycles. The Kier molecular flexibility index (Phi) is 8.30. The number of aryl methyl sites for hydroxylation is 1. The van der Waals surface area contributed by atoms with Crippen LogP contribution in [0.5, 0.6) is 5.75 Å². The normalized spacial score (nSPS) is 21.0. The maximum absolute atomic E-state index is 14.0. The van der Waals surface area contributed by atoms with Crippen molar-refractivity contribution in [3.05, 3.63) is 70.9 Å². The molecular formula is C32H40N6O4S. The predicted octanol–water partition coefficient (Wildman–Crippen LogP) is 4.33. The number of nitrogen functional groups attached to an aromatic ring is 1. The summed E-state index contributed by atoms with van der Waals surface area (Å²) in [5, 5.41) is 11.4. The van der Waals surface area contributed by atoms with E-state index in [1.807, 2.05) is 41.6 Å². The highest BCUT2D eigenvalue weighted by molar-refractivity contribution is 7.82. The van der Waals surface area contributed by atoms with E-state index in [-0.39, 0.29) is 18.6 Å². The number of nitrogens with zero attached hydrogens (tertiary/aromatic N) is 4. The Balaban J connectivity index is 1.35. The van der Waals surface area contributed by atoms with E-state index in [9.17, 15) is 14.1 Å². The molecule has 1 saturated heterocycles. The molecule has 0 amide bonds. The fourth-order valence-electron chi connectivity index (χ4n) is 6.33. The van der Waals surface area contributed by atoms with Gasteiger partial charge in [0.25, 0.3) is 0 Å². The molecule has 228 valence electrons. The van der Waals surface area contributed by atoms with Crippen LogP contribution in [0.25, 0.3) is 0 Å². The Hall–Kier alpha value is -3.67. The van der Waals surface area contributed by atoms with Crippen LogP contribution in [0.2, 0.25) is 0 Å². The average molecular weight is 605 g/mol. The number of piperidine rings is 1. The van der Waals surface area contributed by atoms with Gasteiger partial charge in [-0.15, -0.1) is 0 Å². The number of hydrogen-bond donors (Lipinski definition) is 3. The quantitative estimate of drug-likeness (QED) is 0.185. The maximum atomic E-state index is 14.0. The minimum atomic E-state index is -1.39. The standard InChI is InChI=1S/C32H40N6O4S/c1-20-8-9-21(26(17-30(39)40)22-15-27(33)31(36(2)34)28(16-22)42-25-10-11-25)14-23(20)18-37-19-24-6-3-4-13-38(24)32-29(43(37)41)7-5-12-35-32/h5,7-9,12,14-16,24-26H,3-4,6,10-11,13,17-19,33-34H2,1-2H3,(H,39,40). The minimum absolute atomic E-state index is 0.117. The molecule has 2 fully saturated rings. The van der Waals surface area contributed by atoms with Gasteiger partial charge in [0.1, 0.15) is 28.2 Å². The lowest BCUT2D eigenvalue weighted by Crippen LogP contribution is -2.45. The van der Waals surface area contributed by atoms with Gasteiger partial charge in [0.05, 0.1) is 23.1 Å². The van der Waals surface area contributed by atoms with Crippen LogP contribution in [0.4, 0.5) is 17.2 Å². The Morgan fingerprint density at radius 3 is 2.74 bits per heavy atom. The molecule has 0 bridgehead atoms. The Bertz CT molecular complexity index is 1540. The average Bonchev–Trinajstić information content (AvgIpc) is 3.81. The molecule has 2 aliphatic heterocycles. The molecule has 5 N–H and O–H groups in total. The van der Waals surface area contributed by atoms with Gasteiger partial charge in [-0.2, -0.15) is 0 Å². The van der Waals surface area contributed by atoms with E-state index < -0.39 is 22.9 Å². The van der Waals surface area contributed by atoms with Gasteiger partial charge in [-0.05, 0) is 85.5 Å². The molecule has 0 spiro atoms. The zero-order valence-corrected chi connectivity index (χ0v) is 25.6. The van der Waals surface area contributed by atoms with Crippen molar-refractivity contribution >= 4 is 34.1 Å².